The summed E-state index contributed by atoms with van der Waals surface area (Å²) >= 11 is 9.58. The van der Waals surface area contributed by atoms with Gasteiger partial charge in [0.15, 0.2) is 0 Å². The molecular formula is C16H17BrClN. The van der Waals surface area contributed by atoms with Crippen molar-refractivity contribution in [2.24, 2.45) is 0 Å². The molecule has 0 saturated carbocycles. The third-order valence-electron chi connectivity index (χ3n) is 3.26. The zero-order chi connectivity index (χ0) is 13.8. The summed E-state index contributed by atoms with van der Waals surface area (Å²) in [4.78, 5) is 0. The SMILES string of the molecule is Cc1ccccc1[C@@H](C)NCc1cc(Cl)ccc1Br. The van der Waals surface area contributed by atoms with Crippen LogP contribution in [0.1, 0.15) is 29.7 Å². The van der Waals surface area contributed by atoms with Crippen LogP contribution in [0.4, 0.5) is 0 Å². The van der Waals surface area contributed by atoms with Crippen molar-refractivity contribution in [1.82, 2.24) is 5.32 Å². The first-order chi connectivity index (χ1) is 9.08. The summed E-state index contributed by atoms with van der Waals surface area (Å²) in [5.41, 5.74) is 3.82. The second-order valence-electron chi connectivity index (χ2n) is 4.69. The van der Waals surface area contributed by atoms with Crippen LogP contribution in [-0.4, -0.2) is 0 Å². The van der Waals surface area contributed by atoms with E-state index in [1.54, 1.807) is 0 Å². The van der Waals surface area contributed by atoms with Crippen LogP contribution < -0.4 is 5.32 Å². The third kappa shape index (κ3) is 3.82. The van der Waals surface area contributed by atoms with Gasteiger partial charge in [0.25, 0.3) is 0 Å². The highest BCUT2D eigenvalue weighted by Crippen LogP contribution is 2.23. The Hall–Kier alpha value is -0.830. The molecule has 0 aliphatic carbocycles. The van der Waals surface area contributed by atoms with Crippen molar-refractivity contribution in [2.75, 3.05) is 0 Å². The number of benzene rings is 2. The number of aryl methyl sites for hydroxylation is 1. The fourth-order valence-electron chi connectivity index (χ4n) is 2.12. The molecule has 2 aromatic carbocycles. The highest BCUT2D eigenvalue weighted by Gasteiger charge is 2.08. The van der Waals surface area contributed by atoms with Gasteiger partial charge in [-0.1, -0.05) is 51.8 Å². The molecule has 2 rings (SSSR count). The summed E-state index contributed by atoms with van der Waals surface area (Å²) in [6.45, 7) is 5.11. The van der Waals surface area contributed by atoms with E-state index in [0.717, 1.165) is 16.0 Å². The van der Waals surface area contributed by atoms with Crippen molar-refractivity contribution in [3.05, 3.63) is 68.7 Å². The van der Waals surface area contributed by atoms with Gasteiger partial charge < -0.3 is 5.32 Å². The molecule has 0 amide bonds. The van der Waals surface area contributed by atoms with E-state index in [2.05, 4.69) is 59.4 Å². The van der Waals surface area contributed by atoms with Crippen LogP contribution in [0.3, 0.4) is 0 Å². The summed E-state index contributed by atoms with van der Waals surface area (Å²) in [5.74, 6) is 0. The first-order valence-electron chi connectivity index (χ1n) is 6.31. The van der Waals surface area contributed by atoms with Crippen LogP contribution >= 0.6 is 27.5 Å². The molecule has 0 radical (unpaired) electrons. The second-order valence-corrected chi connectivity index (χ2v) is 5.99. The highest BCUT2D eigenvalue weighted by molar-refractivity contribution is 9.10. The van der Waals surface area contributed by atoms with E-state index in [0.29, 0.717) is 6.04 Å². The predicted molar refractivity (Wildman–Crippen MR) is 85.6 cm³/mol. The Bertz CT molecular complexity index is 568. The Balaban J connectivity index is 2.06. The molecule has 3 heteroatoms. The quantitative estimate of drug-likeness (QED) is 0.801. The minimum atomic E-state index is 0.312. The average molecular weight is 339 g/mol. The molecule has 0 aromatic heterocycles. The van der Waals surface area contributed by atoms with Gasteiger partial charge in [-0.3, -0.25) is 0 Å². The van der Waals surface area contributed by atoms with E-state index >= 15 is 0 Å². The molecule has 2 aromatic rings. The van der Waals surface area contributed by atoms with Gasteiger partial charge in [0, 0.05) is 22.1 Å². The predicted octanol–water partition coefficient (Wildman–Crippen LogP) is 5.26. The van der Waals surface area contributed by atoms with Crippen LogP contribution in [0.15, 0.2) is 46.9 Å². The third-order valence-corrected chi connectivity index (χ3v) is 4.27. The van der Waals surface area contributed by atoms with E-state index in [1.165, 1.54) is 16.7 Å². The summed E-state index contributed by atoms with van der Waals surface area (Å²) < 4.78 is 1.08. The van der Waals surface area contributed by atoms with Gasteiger partial charge in [-0.25, -0.2) is 0 Å². The summed E-state index contributed by atoms with van der Waals surface area (Å²) in [6, 6.07) is 14.6. The zero-order valence-electron chi connectivity index (χ0n) is 11.1. The molecule has 0 spiro atoms. The minimum absolute atomic E-state index is 0.312. The first-order valence-corrected chi connectivity index (χ1v) is 7.48. The van der Waals surface area contributed by atoms with Gasteiger partial charge in [-0.15, -0.1) is 0 Å². The van der Waals surface area contributed by atoms with E-state index < -0.39 is 0 Å². The van der Waals surface area contributed by atoms with E-state index in [9.17, 15) is 0 Å². The van der Waals surface area contributed by atoms with E-state index in [1.807, 2.05) is 18.2 Å². The molecule has 0 aliphatic rings. The Morgan fingerprint density at radius 3 is 2.68 bits per heavy atom. The molecule has 1 nitrogen and oxygen atoms in total. The maximum absolute atomic E-state index is 6.03. The van der Waals surface area contributed by atoms with E-state index in [4.69, 9.17) is 11.6 Å². The van der Waals surface area contributed by atoms with Gasteiger partial charge in [-0.05, 0) is 48.7 Å². The zero-order valence-corrected chi connectivity index (χ0v) is 13.4. The maximum atomic E-state index is 6.03. The topological polar surface area (TPSA) is 12.0 Å². The molecule has 0 aliphatic heterocycles. The Morgan fingerprint density at radius 1 is 1.21 bits per heavy atom. The highest BCUT2D eigenvalue weighted by atomic mass is 79.9. The molecule has 0 bridgehead atoms. The monoisotopic (exact) mass is 337 g/mol. The van der Waals surface area contributed by atoms with Crippen LogP contribution in [0, 0.1) is 6.92 Å². The van der Waals surface area contributed by atoms with Crippen LogP contribution in [0.2, 0.25) is 5.02 Å². The fourth-order valence-corrected chi connectivity index (χ4v) is 2.71. The molecule has 0 heterocycles. The minimum Gasteiger partial charge on any atom is -0.306 e. The lowest BCUT2D eigenvalue weighted by atomic mass is 10.0. The largest absolute Gasteiger partial charge is 0.306 e. The summed E-state index contributed by atoms with van der Waals surface area (Å²) in [5, 5.41) is 4.30. The van der Waals surface area contributed by atoms with Gasteiger partial charge in [-0.2, -0.15) is 0 Å². The molecule has 1 N–H and O–H groups in total. The van der Waals surface area contributed by atoms with Crippen molar-refractivity contribution in [3.63, 3.8) is 0 Å². The van der Waals surface area contributed by atoms with Crippen molar-refractivity contribution in [2.45, 2.75) is 26.4 Å². The molecule has 19 heavy (non-hydrogen) atoms. The molecular weight excluding hydrogens is 322 g/mol. The van der Waals surface area contributed by atoms with Crippen LogP contribution in [-0.2, 0) is 6.54 Å². The number of halogens is 2. The summed E-state index contributed by atoms with van der Waals surface area (Å²) in [7, 11) is 0. The van der Waals surface area contributed by atoms with Crippen molar-refractivity contribution >= 4 is 27.5 Å². The van der Waals surface area contributed by atoms with Gasteiger partial charge >= 0.3 is 0 Å². The normalized spacial score (nSPS) is 12.4. The van der Waals surface area contributed by atoms with Crippen molar-refractivity contribution in [3.8, 4) is 0 Å². The maximum Gasteiger partial charge on any atom is 0.0410 e. The Kier molecular flexibility index (Phi) is 5.03. The Labute approximate surface area is 128 Å². The molecule has 0 fully saturated rings. The molecule has 0 unspecified atom stereocenters. The summed E-state index contributed by atoms with van der Waals surface area (Å²) in [6.07, 6.45) is 0. The number of hydrogen-bond donors (Lipinski definition) is 1. The fraction of sp³-hybridized carbons (Fsp3) is 0.250. The average Bonchev–Trinajstić information content (AvgIpc) is 2.40. The van der Waals surface area contributed by atoms with Gasteiger partial charge in [0.2, 0.25) is 0 Å². The Morgan fingerprint density at radius 2 is 1.95 bits per heavy atom. The lowest BCUT2D eigenvalue weighted by molar-refractivity contribution is 0.571. The van der Waals surface area contributed by atoms with Gasteiger partial charge in [0.1, 0.15) is 0 Å². The first kappa shape index (κ1) is 14.6. The lowest BCUT2D eigenvalue weighted by Crippen LogP contribution is -2.19. The standard InChI is InChI=1S/C16H17BrClN/c1-11-5-3-4-6-15(11)12(2)19-10-13-9-14(18)7-8-16(13)17/h3-9,12,19H,10H2,1-2H3/t12-/m1/s1. The smallest absolute Gasteiger partial charge is 0.0410 e. The molecule has 0 saturated heterocycles. The van der Waals surface area contributed by atoms with Crippen molar-refractivity contribution in [1.29, 1.82) is 0 Å². The van der Waals surface area contributed by atoms with Gasteiger partial charge in [0.05, 0.1) is 0 Å². The van der Waals surface area contributed by atoms with Crippen molar-refractivity contribution < 1.29 is 0 Å². The lowest BCUT2D eigenvalue weighted by Gasteiger charge is -2.17. The van der Waals surface area contributed by atoms with Crippen LogP contribution in [0.25, 0.3) is 0 Å². The molecule has 100 valence electrons. The second kappa shape index (κ2) is 6.56. The van der Waals surface area contributed by atoms with E-state index in [-0.39, 0.29) is 0 Å². The number of rotatable bonds is 4. The molecule has 1 atom stereocenters. The van der Waals surface area contributed by atoms with Crippen LogP contribution in [0.5, 0.6) is 0 Å². The number of nitrogens with one attached hydrogen (secondary N) is 1. The number of hydrogen-bond acceptors (Lipinski definition) is 1.